The van der Waals surface area contributed by atoms with Gasteiger partial charge in [-0.05, 0) is 62.8 Å². The zero-order valence-electron chi connectivity index (χ0n) is 22.2. The predicted molar refractivity (Wildman–Crippen MR) is 150 cm³/mol. The van der Waals surface area contributed by atoms with E-state index in [9.17, 15) is 10.1 Å². The zero-order chi connectivity index (χ0) is 27.8. The van der Waals surface area contributed by atoms with Gasteiger partial charge >= 0.3 is 0 Å². The van der Waals surface area contributed by atoms with Gasteiger partial charge in [0.1, 0.15) is 46.8 Å². The Hall–Kier alpha value is -4.71. The van der Waals surface area contributed by atoms with Crippen LogP contribution in [0.25, 0.3) is 22.2 Å². The smallest absolute Gasteiger partial charge is 0.264 e. The van der Waals surface area contributed by atoms with Crippen molar-refractivity contribution in [1.82, 2.24) is 19.4 Å². The van der Waals surface area contributed by atoms with E-state index in [2.05, 4.69) is 16.0 Å². The van der Waals surface area contributed by atoms with Crippen LogP contribution in [0.1, 0.15) is 31.4 Å². The number of nitrogens with zero attached hydrogens (tertiary/aromatic N) is 5. The molecule has 0 bridgehead atoms. The van der Waals surface area contributed by atoms with Crippen molar-refractivity contribution in [2.45, 2.75) is 45.2 Å². The molecular weight excluding hydrogens is 507 g/mol. The number of halogens is 1. The van der Waals surface area contributed by atoms with Crippen molar-refractivity contribution in [2.75, 3.05) is 12.3 Å². The molecule has 1 amide bonds. The number of benzene rings is 2. The molecule has 6 rings (SSSR count). The molecule has 0 spiro atoms. The lowest BCUT2D eigenvalue weighted by Crippen LogP contribution is -2.39. The summed E-state index contributed by atoms with van der Waals surface area (Å²) in [6.07, 6.45) is 6.90. The Bertz CT molecular complexity index is 1670. The van der Waals surface area contributed by atoms with E-state index in [1.165, 1.54) is 12.4 Å². The Balaban J connectivity index is 1.35. The van der Waals surface area contributed by atoms with Gasteiger partial charge in [0.2, 0.25) is 0 Å². The highest BCUT2D eigenvalue weighted by Gasteiger charge is 2.33. The van der Waals surface area contributed by atoms with Gasteiger partial charge in [-0.3, -0.25) is 4.79 Å². The third-order valence-corrected chi connectivity index (χ3v) is 7.72. The Kier molecular flexibility index (Phi) is 6.68. The van der Waals surface area contributed by atoms with Crippen molar-refractivity contribution in [1.29, 1.82) is 5.26 Å². The summed E-state index contributed by atoms with van der Waals surface area (Å²) in [4.78, 5) is 23.8. The molecule has 1 aliphatic carbocycles. The monoisotopic (exact) mass is 536 g/mol. The number of ether oxygens (including phenoxy) is 1. The molecular formula is C31H29FN6O2. The summed E-state index contributed by atoms with van der Waals surface area (Å²) >= 11 is 0. The first kappa shape index (κ1) is 25.6. The molecule has 40 heavy (non-hydrogen) atoms. The molecule has 0 unspecified atom stereocenters. The molecule has 1 atom stereocenters. The van der Waals surface area contributed by atoms with Crippen molar-refractivity contribution < 1.29 is 13.9 Å². The lowest BCUT2D eigenvalue weighted by Gasteiger charge is -2.26. The average molecular weight is 537 g/mol. The molecule has 1 aliphatic heterocycles. The molecule has 1 saturated heterocycles. The van der Waals surface area contributed by atoms with Crippen LogP contribution in [0, 0.1) is 30.0 Å². The third-order valence-electron chi connectivity index (χ3n) is 7.72. The standard InChI is InChI=1S/C31H29FN6O2/c1-19-27(25-12-11-24(15-26(25)32)40-23-7-3-2-4-8-23)28-29(34)35-18-36-30(28)38(19)17-22-6-5-13-37(22)31(39)21(16-33)14-20-9-10-20/h2-4,7-8,11-12,14-15,18,20,22H,5-6,9-10,13,17H2,1H3,(H2,34,35,36)/t22-/m0/s1. The first-order valence-corrected chi connectivity index (χ1v) is 13.5. The second-order valence-electron chi connectivity index (χ2n) is 10.4. The fourth-order valence-electron chi connectivity index (χ4n) is 5.56. The van der Waals surface area contributed by atoms with Gasteiger partial charge in [-0.15, -0.1) is 0 Å². The molecule has 1 saturated carbocycles. The Labute approximate surface area is 231 Å². The largest absolute Gasteiger partial charge is 0.457 e. The maximum absolute atomic E-state index is 15.6. The minimum absolute atomic E-state index is 0.131. The number of aromatic nitrogens is 3. The number of hydrogen-bond donors (Lipinski definition) is 1. The number of nitrogen functional groups attached to an aromatic ring is 1. The van der Waals surface area contributed by atoms with Crippen molar-refractivity contribution in [3.63, 3.8) is 0 Å². The highest BCUT2D eigenvalue weighted by atomic mass is 19.1. The van der Waals surface area contributed by atoms with Crippen LogP contribution in [0.3, 0.4) is 0 Å². The van der Waals surface area contributed by atoms with Crippen molar-refractivity contribution in [3.8, 4) is 28.7 Å². The van der Waals surface area contributed by atoms with Crippen LogP contribution in [-0.2, 0) is 11.3 Å². The number of likely N-dealkylation sites (tertiary alicyclic amines) is 1. The molecule has 2 aromatic heterocycles. The lowest BCUT2D eigenvalue weighted by atomic mass is 10.0. The summed E-state index contributed by atoms with van der Waals surface area (Å²) in [5.41, 5.74) is 8.87. The summed E-state index contributed by atoms with van der Waals surface area (Å²) in [5.74, 6) is 0.898. The summed E-state index contributed by atoms with van der Waals surface area (Å²) in [5, 5.41) is 10.2. The Morgan fingerprint density at radius 2 is 1.98 bits per heavy atom. The van der Waals surface area contributed by atoms with E-state index < -0.39 is 5.82 Å². The van der Waals surface area contributed by atoms with E-state index in [0.29, 0.717) is 52.7 Å². The number of hydrogen-bond acceptors (Lipinski definition) is 6. The van der Waals surface area contributed by atoms with Gasteiger partial charge in [-0.1, -0.05) is 24.3 Å². The molecule has 8 nitrogen and oxygen atoms in total. The molecule has 2 fully saturated rings. The number of anilines is 1. The topological polar surface area (TPSA) is 110 Å². The molecule has 2 aromatic carbocycles. The number of carbonyl (C=O) groups excluding carboxylic acids is 1. The number of nitriles is 1. The van der Waals surface area contributed by atoms with Crippen LogP contribution in [0.4, 0.5) is 10.2 Å². The van der Waals surface area contributed by atoms with Gasteiger partial charge < -0.3 is 19.9 Å². The Morgan fingerprint density at radius 3 is 2.70 bits per heavy atom. The van der Waals surface area contributed by atoms with Crippen molar-refractivity contribution in [3.05, 3.63) is 78.0 Å². The normalized spacial score (nSPS) is 17.3. The van der Waals surface area contributed by atoms with Gasteiger partial charge in [-0.25, -0.2) is 14.4 Å². The number of fused-ring (bicyclic) bond motifs is 1. The van der Waals surface area contributed by atoms with Crippen LogP contribution in [0.2, 0.25) is 0 Å². The number of rotatable bonds is 7. The number of nitrogens with two attached hydrogens (primary N) is 1. The van der Waals surface area contributed by atoms with E-state index in [1.54, 1.807) is 29.2 Å². The van der Waals surface area contributed by atoms with Crippen molar-refractivity contribution >= 4 is 22.8 Å². The highest BCUT2D eigenvalue weighted by molar-refractivity contribution is 6.02. The first-order chi connectivity index (χ1) is 19.4. The summed E-state index contributed by atoms with van der Waals surface area (Å²) in [7, 11) is 0. The van der Waals surface area contributed by atoms with Gasteiger partial charge in [-0.2, -0.15) is 5.26 Å². The Morgan fingerprint density at radius 1 is 1.18 bits per heavy atom. The van der Waals surface area contributed by atoms with Crippen LogP contribution in [-0.4, -0.2) is 37.9 Å². The number of amides is 1. The first-order valence-electron chi connectivity index (χ1n) is 13.5. The summed E-state index contributed by atoms with van der Waals surface area (Å²) in [6, 6.07) is 15.9. The van der Waals surface area contributed by atoms with E-state index in [-0.39, 0.29) is 23.3 Å². The van der Waals surface area contributed by atoms with Crippen molar-refractivity contribution in [2.24, 2.45) is 5.92 Å². The SMILES string of the molecule is Cc1c(-c2ccc(Oc3ccccc3)cc2F)c2c(N)ncnc2n1C[C@@H]1CCCN1C(=O)C(C#N)=CC1CC1. The maximum atomic E-state index is 15.6. The average Bonchev–Trinajstić information content (AvgIpc) is 3.58. The maximum Gasteiger partial charge on any atom is 0.264 e. The van der Waals surface area contributed by atoms with Crippen LogP contribution in [0.5, 0.6) is 11.5 Å². The van der Waals surface area contributed by atoms with Gasteiger partial charge in [0.25, 0.3) is 5.91 Å². The van der Waals surface area contributed by atoms with E-state index in [1.807, 2.05) is 35.8 Å². The van der Waals surface area contributed by atoms with Crippen LogP contribution >= 0.6 is 0 Å². The molecule has 2 aliphatic rings. The second kappa shape index (κ2) is 10.5. The van der Waals surface area contributed by atoms with E-state index in [4.69, 9.17) is 10.5 Å². The third kappa shape index (κ3) is 4.77. The molecule has 202 valence electrons. The lowest BCUT2D eigenvalue weighted by molar-refractivity contribution is -0.127. The quantitative estimate of drug-likeness (QED) is 0.237. The fraction of sp³-hybridized carbons (Fsp3) is 0.290. The minimum atomic E-state index is -0.458. The van der Waals surface area contributed by atoms with Crippen LogP contribution in [0.15, 0.2) is 66.5 Å². The number of carbonyl (C=O) groups is 1. The molecule has 3 heterocycles. The molecule has 4 aromatic rings. The highest BCUT2D eigenvalue weighted by Crippen LogP contribution is 2.40. The number of allylic oxidation sites excluding steroid dienone is 1. The molecule has 9 heteroatoms. The molecule has 0 radical (unpaired) electrons. The fourth-order valence-corrected chi connectivity index (χ4v) is 5.56. The van der Waals surface area contributed by atoms with Gasteiger partial charge in [0.05, 0.1) is 11.4 Å². The van der Waals surface area contributed by atoms with E-state index in [0.717, 1.165) is 31.4 Å². The number of para-hydroxylation sites is 1. The predicted octanol–water partition coefficient (Wildman–Crippen LogP) is 5.77. The van der Waals surface area contributed by atoms with Gasteiger partial charge in [0.15, 0.2) is 0 Å². The summed E-state index contributed by atoms with van der Waals surface area (Å²) in [6.45, 7) is 2.94. The summed E-state index contributed by atoms with van der Waals surface area (Å²) < 4.78 is 23.4. The minimum Gasteiger partial charge on any atom is -0.457 e. The second-order valence-corrected chi connectivity index (χ2v) is 10.4. The van der Waals surface area contributed by atoms with Crippen LogP contribution < -0.4 is 10.5 Å². The molecule has 2 N–H and O–H groups in total. The zero-order valence-corrected chi connectivity index (χ0v) is 22.2. The van der Waals surface area contributed by atoms with E-state index >= 15 is 4.39 Å². The van der Waals surface area contributed by atoms with Gasteiger partial charge in [0, 0.05) is 36.0 Å².